The predicted octanol–water partition coefficient (Wildman–Crippen LogP) is 3.25. The van der Waals surface area contributed by atoms with Crippen molar-refractivity contribution in [2.75, 3.05) is 0 Å². The maximum Gasteiger partial charge on any atom is 0.269 e. The molecule has 2 aromatic heterocycles. The SMILES string of the molecule is N#Cc1c(O)c(C=Nc2ccccc2F)c(=O)n2c1[nH]c1ccccc12. The summed E-state index contributed by atoms with van der Waals surface area (Å²) in [5.41, 5.74) is 0.582. The first-order valence-electron chi connectivity index (χ1n) is 7.69. The van der Waals surface area contributed by atoms with Crippen molar-refractivity contribution in [1.29, 1.82) is 5.26 Å². The van der Waals surface area contributed by atoms with Gasteiger partial charge in [-0.15, -0.1) is 0 Å². The summed E-state index contributed by atoms with van der Waals surface area (Å²) in [6.07, 6.45) is 1.07. The quantitative estimate of drug-likeness (QED) is 0.546. The van der Waals surface area contributed by atoms with Crippen LogP contribution in [0, 0.1) is 17.1 Å². The van der Waals surface area contributed by atoms with E-state index in [9.17, 15) is 19.6 Å². The third-order valence-electron chi connectivity index (χ3n) is 4.08. The second kappa shape index (κ2) is 5.86. The van der Waals surface area contributed by atoms with E-state index in [1.165, 1.54) is 22.6 Å². The number of rotatable bonds is 2. The van der Waals surface area contributed by atoms with Crippen LogP contribution in [0.5, 0.6) is 5.75 Å². The zero-order chi connectivity index (χ0) is 18.3. The van der Waals surface area contributed by atoms with Gasteiger partial charge in [0.1, 0.15) is 28.7 Å². The number of nitrogens with zero attached hydrogens (tertiary/aromatic N) is 3. The molecule has 0 bridgehead atoms. The summed E-state index contributed by atoms with van der Waals surface area (Å²) in [5, 5.41) is 19.8. The highest BCUT2D eigenvalue weighted by Crippen LogP contribution is 2.26. The fourth-order valence-electron chi connectivity index (χ4n) is 2.84. The van der Waals surface area contributed by atoms with Crippen LogP contribution in [0.15, 0.2) is 58.3 Å². The van der Waals surface area contributed by atoms with Crippen LogP contribution in [-0.4, -0.2) is 20.7 Å². The van der Waals surface area contributed by atoms with Gasteiger partial charge in [-0.3, -0.25) is 14.2 Å². The number of nitrogens with one attached hydrogen (secondary N) is 1. The average Bonchev–Trinajstić information content (AvgIpc) is 3.02. The molecule has 0 saturated heterocycles. The van der Waals surface area contributed by atoms with Crippen molar-refractivity contribution in [3.05, 3.63) is 75.8 Å². The molecule has 4 rings (SSSR count). The summed E-state index contributed by atoms with van der Waals surface area (Å²) in [6, 6.07) is 14.7. The van der Waals surface area contributed by atoms with E-state index in [0.717, 1.165) is 6.21 Å². The summed E-state index contributed by atoms with van der Waals surface area (Å²) in [5.74, 6) is -1.05. The Morgan fingerprint density at radius 2 is 1.92 bits per heavy atom. The predicted molar refractivity (Wildman–Crippen MR) is 95.6 cm³/mol. The van der Waals surface area contributed by atoms with Crippen LogP contribution in [0.1, 0.15) is 11.1 Å². The number of aromatic nitrogens is 2. The molecule has 7 heteroatoms. The molecule has 0 amide bonds. The Morgan fingerprint density at radius 3 is 2.69 bits per heavy atom. The van der Waals surface area contributed by atoms with Crippen LogP contribution in [0.25, 0.3) is 16.7 Å². The molecular weight excluding hydrogens is 335 g/mol. The van der Waals surface area contributed by atoms with Crippen molar-refractivity contribution < 1.29 is 9.50 Å². The van der Waals surface area contributed by atoms with Gasteiger partial charge in [-0.1, -0.05) is 24.3 Å². The van der Waals surface area contributed by atoms with Gasteiger partial charge in [-0.25, -0.2) is 4.39 Å². The second-order valence-electron chi connectivity index (χ2n) is 5.59. The minimum Gasteiger partial charge on any atom is -0.506 e. The average molecular weight is 346 g/mol. The Kier molecular flexibility index (Phi) is 3.52. The van der Waals surface area contributed by atoms with E-state index < -0.39 is 17.1 Å². The molecular formula is C19H11FN4O2. The van der Waals surface area contributed by atoms with Gasteiger partial charge in [0.05, 0.1) is 16.7 Å². The first kappa shape index (κ1) is 15.6. The molecule has 0 saturated carbocycles. The number of imidazole rings is 1. The van der Waals surface area contributed by atoms with Gasteiger partial charge in [0, 0.05) is 6.21 Å². The van der Waals surface area contributed by atoms with E-state index in [1.54, 1.807) is 30.3 Å². The van der Waals surface area contributed by atoms with E-state index in [1.807, 2.05) is 6.07 Å². The van der Waals surface area contributed by atoms with E-state index in [2.05, 4.69) is 9.98 Å². The fourth-order valence-corrected chi connectivity index (χ4v) is 2.84. The lowest BCUT2D eigenvalue weighted by Crippen LogP contribution is -2.18. The number of halogens is 1. The molecule has 0 radical (unpaired) electrons. The Balaban J connectivity index is 2.04. The number of hydrogen-bond acceptors (Lipinski definition) is 4. The molecule has 0 aliphatic heterocycles. The van der Waals surface area contributed by atoms with Crippen molar-refractivity contribution in [3.63, 3.8) is 0 Å². The number of benzene rings is 2. The fraction of sp³-hybridized carbons (Fsp3) is 0. The molecule has 0 aliphatic carbocycles. The van der Waals surface area contributed by atoms with Gasteiger partial charge >= 0.3 is 0 Å². The number of fused-ring (bicyclic) bond motifs is 3. The van der Waals surface area contributed by atoms with Crippen LogP contribution < -0.4 is 5.56 Å². The van der Waals surface area contributed by atoms with Crippen molar-refractivity contribution in [3.8, 4) is 11.8 Å². The Bertz CT molecular complexity index is 1290. The van der Waals surface area contributed by atoms with Gasteiger partial charge in [-0.05, 0) is 24.3 Å². The minimum absolute atomic E-state index is 0.0221. The lowest BCUT2D eigenvalue weighted by atomic mass is 10.1. The zero-order valence-electron chi connectivity index (χ0n) is 13.3. The zero-order valence-corrected chi connectivity index (χ0v) is 13.3. The molecule has 2 aromatic carbocycles. The van der Waals surface area contributed by atoms with E-state index in [0.29, 0.717) is 11.0 Å². The van der Waals surface area contributed by atoms with Crippen LogP contribution in [0.2, 0.25) is 0 Å². The van der Waals surface area contributed by atoms with E-state index in [-0.39, 0.29) is 22.5 Å². The molecule has 6 nitrogen and oxygen atoms in total. The van der Waals surface area contributed by atoms with Crippen molar-refractivity contribution >= 4 is 28.6 Å². The number of para-hydroxylation sites is 3. The van der Waals surface area contributed by atoms with E-state index >= 15 is 0 Å². The maximum atomic E-state index is 13.7. The molecule has 0 spiro atoms. The number of aliphatic imine (C=N–C) groups is 1. The lowest BCUT2D eigenvalue weighted by Gasteiger charge is -2.04. The second-order valence-corrected chi connectivity index (χ2v) is 5.59. The first-order valence-corrected chi connectivity index (χ1v) is 7.69. The van der Waals surface area contributed by atoms with Crippen LogP contribution in [0.4, 0.5) is 10.1 Å². The molecule has 4 aromatic rings. The van der Waals surface area contributed by atoms with Crippen LogP contribution >= 0.6 is 0 Å². The molecule has 0 unspecified atom stereocenters. The van der Waals surface area contributed by atoms with Crippen molar-refractivity contribution in [2.24, 2.45) is 4.99 Å². The summed E-state index contributed by atoms with van der Waals surface area (Å²) in [4.78, 5) is 19.8. The van der Waals surface area contributed by atoms with Gasteiger partial charge in [0.15, 0.2) is 5.75 Å². The minimum atomic E-state index is -0.561. The van der Waals surface area contributed by atoms with Crippen LogP contribution in [0.3, 0.4) is 0 Å². The van der Waals surface area contributed by atoms with Gasteiger partial charge in [-0.2, -0.15) is 5.26 Å². The Hall–Kier alpha value is -3.92. The van der Waals surface area contributed by atoms with Crippen molar-refractivity contribution in [2.45, 2.75) is 0 Å². The third kappa shape index (κ3) is 2.24. The first-order chi connectivity index (χ1) is 12.6. The van der Waals surface area contributed by atoms with E-state index in [4.69, 9.17) is 0 Å². The molecule has 2 heterocycles. The molecule has 0 fully saturated rings. The Labute approximate surface area is 146 Å². The number of aromatic hydroxyl groups is 1. The van der Waals surface area contributed by atoms with Gasteiger partial charge in [0.25, 0.3) is 5.56 Å². The summed E-state index contributed by atoms with van der Waals surface area (Å²) >= 11 is 0. The van der Waals surface area contributed by atoms with Gasteiger partial charge < -0.3 is 10.1 Å². The summed E-state index contributed by atoms with van der Waals surface area (Å²) < 4.78 is 15.0. The maximum absolute atomic E-state index is 13.7. The monoisotopic (exact) mass is 346 g/mol. The number of H-pyrrole nitrogens is 1. The highest BCUT2D eigenvalue weighted by Gasteiger charge is 2.19. The number of pyridine rings is 1. The molecule has 26 heavy (non-hydrogen) atoms. The standard InChI is InChI=1S/C19H11FN4O2/c20-13-5-1-2-6-14(13)22-10-12-17(25)11(9-21)18-23-15-7-3-4-8-16(15)24(18)19(12)26/h1-8,10,23,25H. The largest absolute Gasteiger partial charge is 0.506 e. The number of hydrogen-bond donors (Lipinski definition) is 2. The summed E-state index contributed by atoms with van der Waals surface area (Å²) in [6.45, 7) is 0. The highest BCUT2D eigenvalue weighted by atomic mass is 19.1. The molecule has 0 aliphatic rings. The highest BCUT2D eigenvalue weighted by molar-refractivity contribution is 5.91. The van der Waals surface area contributed by atoms with Crippen molar-refractivity contribution in [1.82, 2.24) is 9.38 Å². The van der Waals surface area contributed by atoms with Crippen LogP contribution in [-0.2, 0) is 0 Å². The summed E-state index contributed by atoms with van der Waals surface area (Å²) in [7, 11) is 0. The van der Waals surface area contributed by atoms with Gasteiger partial charge in [0.2, 0.25) is 0 Å². The normalized spacial score (nSPS) is 11.4. The molecule has 0 atom stereocenters. The third-order valence-corrected chi connectivity index (χ3v) is 4.08. The number of aromatic amines is 1. The molecule has 2 N–H and O–H groups in total. The topological polar surface area (TPSA) is 93.6 Å². The Morgan fingerprint density at radius 1 is 1.19 bits per heavy atom. The smallest absolute Gasteiger partial charge is 0.269 e. The lowest BCUT2D eigenvalue weighted by molar-refractivity contribution is 0.471. The molecule has 126 valence electrons. The number of nitriles is 1.